The van der Waals surface area contributed by atoms with Gasteiger partial charge in [-0.2, -0.15) is 0 Å². The van der Waals surface area contributed by atoms with E-state index in [1.54, 1.807) is 5.48 Å². The average molecular weight is 305 g/mol. The van der Waals surface area contributed by atoms with Crippen LogP contribution < -0.4 is 5.48 Å². The second-order valence-corrected chi connectivity index (χ2v) is 6.01. The summed E-state index contributed by atoms with van der Waals surface area (Å²) in [6, 6.07) is 5.93. The van der Waals surface area contributed by atoms with Crippen LogP contribution in [-0.4, -0.2) is 11.1 Å². The van der Waals surface area contributed by atoms with Gasteiger partial charge in [-0.05, 0) is 36.5 Å². The molecule has 124 valence electrons. The van der Waals surface area contributed by atoms with Gasteiger partial charge in [0.1, 0.15) is 0 Å². The van der Waals surface area contributed by atoms with Crippen molar-refractivity contribution in [2.75, 3.05) is 0 Å². The zero-order valence-electron chi connectivity index (χ0n) is 14.2. The second-order valence-electron chi connectivity index (χ2n) is 6.01. The molecule has 3 heteroatoms. The van der Waals surface area contributed by atoms with E-state index in [9.17, 15) is 4.79 Å². The standard InChI is InChI=1S/C19H31NO2/c1-3-5-6-7-8-9-10-11-12-16-13-14-18(19(21)20-22)17(4-2)15-16/h13-15,22H,3-12H2,1-2H3,(H,20,21). The average Bonchev–Trinajstić information content (AvgIpc) is 2.56. The third kappa shape index (κ3) is 6.61. The number of hydroxylamine groups is 1. The van der Waals surface area contributed by atoms with Crippen molar-refractivity contribution in [1.82, 2.24) is 5.48 Å². The molecule has 0 heterocycles. The van der Waals surface area contributed by atoms with Gasteiger partial charge in [0.05, 0.1) is 0 Å². The van der Waals surface area contributed by atoms with E-state index in [1.807, 2.05) is 19.1 Å². The number of nitrogens with one attached hydrogen (secondary N) is 1. The maximum atomic E-state index is 11.6. The highest BCUT2D eigenvalue weighted by Gasteiger charge is 2.09. The van der Waals surface area contributed by atoms with E-state index in [-0.39, 0.29) is 0 Å². The Morgan fingerprint density at radius 3 is 2.23 bits per heavy atom. The molecule has 0 aliphatic heterocycles. The van der Waals surface area contributed by atoms with Crippen molar-refractivity contribution >= 4 is 5.91 Å². The molecular weight excluding hydrogens is 274 g/mol. The largest absolute Gasteiger partial charge is 0.288 e. The monoisotopic (exact) mass is 305 g/mol. The van der Waals surface area contributed by atoms with Crippen molar-refractivity contribution in [2.45, 2.75) is 78.1 Å². The minimum atomic E-state index is -0.421. The van der Waals surface area contributed by atoms with Crippen LogP contribution in [0, 0.1) is 0 Å². The molecule has 0 spiro atoms. The third-order valence-corrected chi connectivity index (χ3v) is 4.22. The molecule has 0 bridgehead atoms. The molecule has 0 saturated heterocycles. The van der Waals surface area contributed by atoms with Crippen LogP contribution in [-0.2, 0) is 12.8 Å². The minimum Gasteiger partial charge on any atom is -0.288 e. The first-order chi connectivity index (χ1) is 10.7. The zero-order valence-corrected chi connectivity index (χ0v) is 14.2. The van der Waals surface area contributed by atoms with Crippen LogP contribution in [0.4, 0.5) is 0 Å². The lowest BCUT2D eigenvalue weighted by atomic mass is 9.98. The number of carbonyl (C=O) groups excluding carboxylic acids is 1. The van der Waals surface area contributed by atoms with E-state index in [1.165, 1.54) is 56.9 Å². The molecular formula is C19H31NO2. The molecule has 0 aliphatic carbocycles. The van der Waals surface area contributed by atoms with Crippen LogP contribution in [0.5, 0.6) is 0 Å². The van der Waals surface area contributed by atoms with Crippen LogP contribution in [0.1, 0.15) is 86.7 Å². The van der Waals surface area contributed by atoms with Crippen molar-refractivity contribution in [3.05, 3.63) is 34.9 Å². The highest BCUT2D eigenvalue weighted by molar-refractivity contribution is 5.94. The maximum absolute atomic E-state index is 11.6. The zero-order chi connectivity index (χ0) is 16.2. The molecule has 1 amide bonds. The van der Waals surface area contributed by atoms with Crippen molar-refractivity contribution < 1.29 is 10.0 Å². The van der Waals surface area contributed by atoms with Gasteiger partial charge in [-0.15, -0.1) is 0 Å². The molecule has 0 unspecified atom stereocenters. The highest BCUT2D eigenvalue weighted by atomic mass is 16.5. The SMILES string of the molecule is CCCCCCCCCCc1ccc(C(=O)NO)c(CC)c1. The number of hydrogen-bond acceptors (Lipinski definition) is 2. The van der Waals surface area contributed by atoms with Crippen molar-refractivity contribution in [3.63, 3.8) is 0 Å². The summed E-state index contributed by atoms with van der Waals surface area (Å²) < 4.78 is 0. The van der Waals surface area contributed by atoms with Gasteiger partial charge in [0.2, 0.25) is 0 Å². The Kier molecular flexibility index (Phi) is 9.56. The molecule has 0 aliphatic rings. The molecule has 22 heavy (non-hydrogen) atoms. The van der Waals surface area contributed by atoms with Gasteiger partial charge in [0.15, 0.2) is 0 Å². The van der Waals surface area contributed by atoms with Crippen molar-refractivity contribution in [2.24, 2.45) is 0 Å². The highest BCUT2D eigenvalue weighted by Crippen LogP contribution is 2.16. The summed E-state index contributed by atoms with van der Waals surface area (Å²) in [5.41, 5.74) is 4.58. The Balaban J connectivity index is 2.33. The molecule has 0 aromatic heterocycles. The van der Waals surface area contributed by atoms with Gasteiger partial charge in [0, 0.05) is 5.56 Å². The summed E-state index contributed by atoms with van der Waals surface area (Å²) in [7, 11) is 0. The topological polar surface area (TPSA) is 49.3 Å². The molecule has 3 nitrogen and oxygen atoms in total. The summed E-state index contributed by atoms with van der Waals surface area (Å²) in [6.07, 6.45) is 12.5. The van der Waals surface area contributed by atoms with Crippen LogP contribution in [0.3, 0.4) is 0 Å². The molecule has 0 saturated carbocycles. The van der Waals surface area contributed by atoms with Gasteiger partial charge in [-0.1, -0.05) is 70.9 Å². The van der Waals surface area contributed by atoms with E-state index in [0.29, 0.717) is 5.56 Å². The van der Waals surface area contributed by atoms with Crippen LogP contribution in [0.25, 0.3) is 0 Å². The van der Waals surface area contributed by atoms with Gasteiger partial charge >= 0.3 is 0 Å². The molecule has 0 atom stereocenters. The molecule has 1 aromatic rings. The van der Waals surface area contributed by atoms with Gasteiger partial charge in [0.25, 0.3) is 5.91 Å². The fourth-order valence-corrected chi connectivity index (χ4v) is 2.84. The van der Waals surface area contributed by atoms with Gasteiger partial charge in [-0.3, -0.25) is 10.0 Å². The Bertz CT molecular complexity index is 443. The lowest BCUT2D eigenvalue weighted by molar-refractivity contribution is 0.0705. The molecule has 1 rings (SSSR count). The number of aryl methyl sites for hydroxylation is 2. The second kappa shape index (κ2) is 11.2. The third-order valence-electron chi connectivity index (χ3n) is 4.22. The summed E-state index contributed by atoms with van der Waals surface area (Å²) in [4.78, 5) is 11.6. The van der Waals surface area contributed by atoms with Gasteiger partial charge in [-0.25, -0.2) is 5.48 Å². The molecule has 0 fully saturated rings. The minimum absolute atomic E-state index is 0.421. The Morgan fingerprint density at radius 1 is 1.00 bits per heavy atom. The van der Waals surface area contributed by atoms with Crippen LogP contribution in [0.15, 0.2) is 18.2 Å². The van der Waals surface area contributed by atoms with E-state index >= 15 is 0 Å². The fraction of sp³-hybridized carbons (Fsp3) is 0.632. The molecule has 1 aromatic carbocycles. The molecule has 0 radical (unpaired) electrons. The lowest BCUT2D eigenvalue weighted by Gasteiger charge is -2.09. The summed E-state index contributed by atoms with van der Waals surface area (Å²) >= 11 is 0. The molecule has 2 N–H and O–H groups in total. The fourth-order valence-electron chi connectivity index (χ4n) is 2.84. The number of benzene rings is 1. The van der Waals surface area contributed by atoms with E-state index in [4.69, 9.17) is 5.21 Å². The first-order valence-corrected chi connectivity index (χ1v) is 8.79. The van der Waals surface area contributed by atoms with Crippen LogP contribution >= 0.6 is 0 Å². The number of amides is 1. The quantitative estimate of drug-likeness (QED) is 0.341. The van der Waals surface area contributed by atoms with Gasteiger partial charge < -0.3 is 0 Å². The summed E-state index contributed by atoms with van der Waals surface area (Å²) in [6.45, 7) is 4.28. The number of carbonyl (C=O) groups is 1. The van der Waals surface area contributed by atoms with Crippen molar-refractivity contribution in [1.29, 1.82) is 0 Å². The Labute approximate surface area is 135 Å². The van der Waals surface area contributed by atoms with Crippen molar-refractivity contribution in [3.8, 4) is 0 Å². The predicted molar refractivity (Wildman–Crippen MR) is 91.4 cm³/mol. The maximum Gasteiger partial charge on any atom is 0.274 e. The van der Waals surface area contributed by atoms with E-state index < -0.39 is 5.91 Å². The smallest absolute Gasteiger partial charge is 0.274 e. The normalized spacial score (nSPS) is 10.7. The lowest BCUT2D eigenvalue weighted by Crippen LogP contribution is -2.20. The predicted octanol–water partition coefficient (Wildman–Crippen LogP) is 5.05. The number of hydrogen-bond donors (Lipinski definition) is 2. The van der Waals surface area contributed by atoms with E-state index in [2.05, 4.69) is 13.0 Å². The Hall–Kier alpha value is -1.35. The van der Waals surface area contributed by atoms with Crippen LogP contribution in [0.2, 0.25) is 0 Å². The Morgan fingerprint density at radius 2 is 1.64 bits per heavy atom. The first-order valence-electron chi connectivity index (χ1n) is 8.79. The number of unbranched alkanes of at least 4 members (excludes halogenated alkanes) is 7. The summed E-state index contributed by atoms with van der Waals surface area (Å²) in [5, 5.41) is 8.76. The number of rotatable bonds is 11. The summed E-state index contributed by atoms with van der Waals surface area (Å²) in [5.74, 6) is -0.421. The first kappa shape index (κ1) is 18.7. The van der Waals surface area contributed by atoms with E-state index in [0.717, 1.165) is 18.4 Å².